The van der Waals surface area contributed by atoms with Gasteiger partial charge in [0.1, 0.15) is 0 Å². The number of imidazole rings is 1. The first kappa shape index (κ1) is 19.4. The Morgan fingerprint density at radius 3 is 2.78 bits per heavy atom. The summed E-state index contributed by atoms with van der Waals surface area (Å²) in [6.07, 6.45) is 3.54. The summed E-state index contributed by atoms with van der Waals surface area (Å²) in [5.41, 5.74) is 2.73. The maximum Gasteiger partial charge on any atom is 0.287 e. The van der Waals surface area contributed by atoms with Crippen molar-refractivity contribution in [3.63, 3.8) is 0 Å². The number of aryl methyl sites for hydroxylation is 1. The number of carbonyl (C=O) groups is 2. The van der Waals surface area contributed by atoms with Gasteiger partial charge in [0.25, 0.3) is 11.8 Å². The standard InChI is InChI=1S/C20H25ClN4O2/c1-4-13(3)22-20(27)18-24-17(16-7-5-6-10-25(16)18)19(26)23-15-9-8-14(21)11-12(15)2/h8-9,11,13H,4-7,10H2,1-3H3,(H,22,27)(H,23,26). The Hall–Kier alpha value is -2.34. The summed E-state index contributed by atoms with van der Waals surface area (Å²) in [4.78, 5) is 30.0. The van der Waals surface area contributed by atoms with Gasteiger partial charge in [0.05, 0.1) is 5.69 Å². The summed E-state index contributed by atoms with van der Waals surface area (Å²) >= 11 is 5.98. The highest BCUT2D eigenvalue weighted by atomic mass is 35.5. The molecule has 0 radical (unpaired) electrons. The molecule has 3 rings (SSSR count). The van der Waals surface area contributed by atoms with Gasteiger partial charge in [-0.05, 0) is 63.3 Å². The molecule has 0 fully saturated rings. The van der Waals surface area contributed by atoms with Crippen molar-refractivity contribution in [3.05, 3.63) is 46.0 Å². The number of fused-ring (bicyclic) bond motifs is 1. The van der Waals surface area contributed by atoms with E-state index in [1.165, 1.54) is 0 Å². The van der Waals surface area contributed by atoms with E-state index in [4.69, 9.17) is 11.6 Å². The van der Waals surface area contributed by atoms with Crippen LogP contribution < -0.4 is 10.6 Å². The molecule has 7 heteroatoms. The molecule has 1 aliphatic heterocycles. The van der Waals surface area contributed by atoms with Gasteiger partial charge in [-0.25, -0.2) is 4.98 Å². The number of rotatable bonds is 5. The number of aromatic nitrogens is 2. The molecule has 1 aromatic heterocycles. The maximum atomic E-state index is 12.9. The van der Waals surface area contributed by atoms with Gasteiger partial charge in [-0.3, -0.25) is 9.59 Å². The van der Waals surface area contributed by atoms with Gasteiger partial charge in [0, 0.05) is 23.3 Å². The van der Waals surface area contributed by atoms with Crippen LogP contribution in [0.1, 0.15) is 65.5 Å². The van der Waals surface area contributed by atoms with E-state index >= 15 is 0 Å². The van der Waals surface area contributed by atoms with Gasteiger partial charge in [-0.15, -0.1) is 0 Å². The Bertz CT molecular complexity index is 875. The third-order valence-electron chi connectivity index (χ3n) is 4.96. The first-order valence-corrected chi connectivity index (χ1v) is 9.76. The summed E-state index contributed by atoms with van der Waals surface area (Å²) < 4.78 is 1.89. The van der Waals surface area contributed by atoms with Gasteiger partial charge in [0.2, 0.25) is 0 Å². The first-order chi connectivity index (χ1) is 12.9. The predicted octanol–water partition coefficient (Wildman–Crippen LogP) is 3.96. The number of benzene rings is 1. The molecule has 6 nitrogen and oxygen atoms in total. The number of carbonyl (C=O) groups excluding carboxylic acids is 2. The van der Waals surface area contributed by atoms with E-state index in [1.807, 2.05) is 25.3 Å². The Balaban J connectivity index is 1.90. The van der Waals surface area contributed by atoms with E-state index in [2.05, 4.69) is 15.6 Å². The van der Waals surface area contributed by atoms with Crippen LogP contribution in [0.25, 0.3) is 0 Å². The topological polar surface area (TPSA) is 76.0 Å². The van der Waals surface area contributed by atoms with Crippen molar-refractivity contribution >= 4 is 29.1 Å². The third kappa shape index (κ3) is 4.16. The largest absolute Gasteiger partial charge is 0.347 e. The number of amides is 2. The number of halogens is 1. The molecule has 27 heavy (non-hydrogen) atoms. The average Bonchev–Trinajstić information content (AvgIpc) is 3.04. The number of nitrogens with one attached hydrogen (secondary N) is 2. The second-order valence-electron chi connectivity index (χ2n) is 7.04. The van der Waals surface area contributed by atoms with Gasteiger partial charge >= 0.3 is 0 Å². The lowest BCUT2D eigenvalue weighted by Gasteiger charge is -2.18. The fourth-order valence-corrected chi connectivity index (χ4v) is 3.46. The van der Waals surface area contributed by atoms with E-state index in [0.29, 0.717) is 28.8 Å². The van der Waals surface area contributed by atoms with E-state index in [-0.39, 0.29) is 17.9 Å². The second kappa shape index (κ2) is 8.13. The number of nitrogens with zero attached hydrogens (tertiary/aromatic N) is 2. The smallest absolute Gasteiger partial charge is 0.287 e. The van der Waals surface area contributed by atoms with Crippen LogP contribution in [0.4, 0.5) is 5.69 Å². The predicted molar refractivity (Wildman–Crippen MR) is 107 cm³/mol. The molecule has 2 N–H and O–H groups in total. The normalized spacial score (nSPS) is 14.4. The summed E-state index contributed by atoms with van der Waals surface area (Å²) in [6, 6.07) is 5.36. The van der Waals surface area contributed by atoms with E-state index < -0.39 is 0 Å². The van der Waals surface area contributed by atoms with Crippen molar-refractivity contribution in [2.75, 3.05) is 5.32 Å². The maximum absolute atomic E-state index is 12.9. The molecule has 0 spiro atoms. The van der Waals surface area contributed by atoms with Crippen molar-refractivity contribution < 1.29 is 9.59 Å². The van der Waals surface area contributed by atoms with Crippen LogP contribution in [0.5, 0.6) is 0 Å². The monoisotopic (exact) mass is 388 g/mol. The van der Waals surface area contributed by atoms with Crippen LogP contribution in [0, 0.1) is 6.92 Å². The Morgan fingerprint density at radius 2 is 2.07 bits per heavy atom. The lowest BCUT2D eigenvalue weighted by Crippen LogP contribution is -2.34. The van der Waals surface area contributed by atoms with Crippen LogP contribution in [-0.2, 0) is 13.0 Å². The molecule has 144 valence electrons. The summed E-state index contributed by atoms with van der Waals surface area (Å²) in [5.74, 6) is -0.203. The summed E-state index contributed by atoms with van der Waals surface area (Å²) in [5, 5.41) is 6.47. The number of hydrogen-bond acceptors (Lipinski definition) is 3. The van der Waals surface area contributed by atoms with E-state index in [9.17, 15) is 9.59 Å². The lowest BCUT2D eigenvalue weighted by atomic mass is 10.1. The summed E-state index contributed by atoms with van der Waals surface area (Å²) in [6.45, 7) is 6.56. The fourth-order valence-electron chi connectivity index (χ4n) is 3.24. The molecule has 0 saturated carbocycles. The highest BCUT2D eigenvalue weighted by molar-refractivity contribution is 6.30. The highest BCUT2D eigenvalue weighted by Crippen LogP contribution is 2.24. The molecule has 1 aromatic carbocycles. The fraction of sp³-hybridized carbons (Fsp3) is 0.450. The van der Waals surface area contributed by atoms with E-state index in [0.717, 1.165) is 36.9 Å². The first-order valence-electron chi connectivity index (χ1n) is 9.38. The zero-order valence-corrected chi connectivity index (χ0v) is 16.7. The second-order valence-corrected chi connectivity index (χ2v) is 7.47. The van der Waals surface area contributed by atoms with Gasteiger partial charge in [-0.1, -0.05) is 18.5 Å². The van der Waals surface area contributed by atoms with Crippen molar-refractivity contribution in [2.45, 2.75) is 59.0 Å². The Morgan fingerprint density at radius 1 is 1.30 bits per heavy atom. The minimum atomic E-state index is -0.298. The molecule has 1 unspecified atom stereocenters. The molecule has 0 saturated heterocycles. The highest BCUT2D eigenvalue weighted by Gasteiger charge is 2.28. The number of hydrogen-bond donors (Lipinski definition) is 2. The van der Waals surface area contributed by atoms with Crippen LogP contribution in [0.3, 0.4) is 0 Å². The zero-order chi connectivity index (χ0) is 19.6. The number of anilines is 1. The minimum Gasteiger partial charge on any atom is -0.347 e. The van der Waals surface area contributed by atoms with Crippen LogP contribution in [-0.4, -0.2) is 27.4 Å². The van der Waals surface area contributed by atoms with Gasteiger partial charge in [-0.2, -0.15) is 0 Å². The SMILES string of the molecule is CCC(C)NC(=O)c1nc(C(=O)Nc2ccc(Cl)cc2C)c2n1CCCC2. The van der Waals surface area contributed by atoms with Crippen molar-refractivity contribution in [1.29, 1.82) is 0 Å². The van der Waals surface area contributed by atoms with Crippen LogP contribution in [0.15, 0.2) is 18.2 Å². The Labute approximate surface area is 164 Å². The molecule has 2 heterocycles. The Kier molecular flexibility index (Phi) is 5.85. The minimum absolute atomic E-state index is 0.0584. The molecule has 2 aromatic rings. The average molecular weight is 389 g/mol. The molecule has 0 bridgehead atoms. The lowest BCUT2D eigenvalue weighted by molar-refractivity contribution is 0.0923. The summed E-state index contributed by atoms with van der Waals surface area (Å²) in [7, 11) is 0. The quantitative estimate of drug-likeness (QED) is 0.813. The molecule has 1 atom stereocenters. The molecular weight excluding hydrogens is 364 g/mol. The molecule has 2 amide bonds. The van der Waals surface area contributed by atoms with Crippen molar-refractivity contribution in [3.8, 4) is 0 Å². The van der Waals surface area contributed by atoms with Crippen molar-refractivity contribution in [1.82, 2.24) is 14.9 Å². The van der Waals surface area contributed by atoms with Gasteiger partial charge < -0.3 is 15.2 Å². The molecule has 0 aliphatic carbocycles. The third-order valence-corrected chi connectivity index (χ3v) is 5.20. The molecular formula is C20H25ClN4O2. The van der Waals surface area contributed by atoms with Crippen LogP contribution >= 0.6 is 11.6 Å². The van der Waals surface area contributed by atoms with Crippen molar-refractivity contribution in [2.24, 2.45) is 0 Å². The zero-order valence-electron chi connectivity index (χ0n) is 15.9. The van der Waals surface area contributed by atoms with E-state index in [1.54, 1.807) is 18.2 Å². The molecule has 1 aliphatic rings. The van der Waals surface area contributed by atoms with Gasteiger partial charge in [0.15, 0.2) is 11.5 Å². The van der Waals surface area contributed by atoms with Crippen LogP contribution in [0.2, 0.25) is 5.02 Å².